The maximum absolute atomic E-state index is 8.33. The van der Waals surface area contributed by atoms with Crippen LogP contribution >= 0.6 is 0 Å². The van der Waals surface area contributed by atoms with Gasteiger partial charge in [-0.2, -0.15) is 0 Å². The SMILES string of the molecule is N.N.N.N.N.N.N.N.O=C([O-])[O-].[Cu+2].[Cu+2].[OH-].[OH-]. The predicted molar refractivity (Wildman–Crippen MR) is 49.4 cm³/mol. The number of hydrogen-bond acceptors (Lipinski definition) is 13. The molecular weight excluding hydrogens is 331 g/mol. The fourth-order valence-corrected chi connectivity index (χ4v) is 0. The van der Waals surface area contributed by atoms with Crippen molar-refractivity contribution in [2.24, 2.45) is 0 Å². The zero-order valence-corrected chi connectivity index (χ0v) is 10.8. The van der Waals surface area contributed by atoms with Crippen LogP contribution in [0.1, 0.15) is 0 Å². The third-order valence-electron chi connectivity index (χ3n) is 0. The van der Waals surface area contributed by atoms with E-state index in [1.54, 1.807) is 0 Å². The molecule has 122 valence electrons. The van der Waals surface area contributed by atoms with Crippen molar-refractivity contribution >= 4 is 6.16 Å². The molecule has 0 aromatic heterocycles. The molecule has 0 saturated heterocycles. The molecule has 13 nitrogen and oxygen atoms in total. The largest absolute Gasteiger partial charge is 2.00 e. The minimum absolute atomic E-state index is 0. The summed E-state index contributed by atoms with van der Waals surface area (Å²) in [6.07, 6.45) is -2.33. The average Bonchev–Trinajstić information content (AvgIpc) is 0.811. The van der Waals surface area contributed by atoms with Gasteiger partial charge < -0.3 is 75.2 Å². The van der Waals surface area contributed by atoms with Crippen LogP contribution in [0.4, 0.5) is 4.79 Å². The first kappa shape index (κ1) is 418. The Hall–Kier alpha value is -0.0910. The molecular formula is CH26Cu2N8O5. The minimum Gasteiger partial charge on any atom is -0.870 e. The fraction of sp³-hybridized carbons (Fsp3) is 0. The molecule has 0 spiro atoms. The van der Waals surface area contributed by atoms with Crippen LogP contribution in [0.5, 0.6) is 0 Å². The van der Waals surface area contributed by atoms with Gasteiger partial charge >= 0.3 is 34.1 Å². The predicted octanol–water partition coefficient (Wildman–Crippen LogP) is -1.51. The first-order chi connectivity index (χ1) is 1.73. The van der Waals surface area contributed by atoms with Gasteiger partial charge in [-0.15, -0.1) is 0 Å². The summed E-state index contributed by atoms with van der Waals surface area (Å²) in [6.45, 7) is 0. The Morgan fingerprint density at radius 2 is 0.562 bits per heavy atom. The van der Waals surface area contributed by atoms with Crippen LogP contribution in [0.15, 0.2) is 0 Å². The van der Waals surface area contributed by atoms with Gasteiger partial charge in [0.1, 0.15) is 0 Å². The molecule has 0 rings (SSSR count). The molecule has 0 unspecified atom stereocenters. The number of hydrogen-bond donors (Lipinski definition) is 8. The Balaban J connectivity index is -0.000000000682. The molecule has 2 radical (unpaired) electrons. The number of carboxylic acid groups (broad SMARTS) is 2. The molecule has 0 atom stereocenters. The van der Waals surface area contributed by atoms with Crippen LogP contribution < -0.4 is 59.4 Å². The summed E-state index contributed by atoms with van der Waals surface area (Å²) in [4.78, 5) is 8.33. The van der Waals surface area contributed by atoms with Crippen molar-refractivity contribution in [3.05, 3.63) is 0 Å². The van der Waals surface area contributed by atoms with E-state index < -0.39 is 6.16 Å². The van der Waals surface area contributed by atoms with E-state index in [-0.39, 0.29) is 94.3 Å². The van der Waals surface area contributed by atoms with E-state index in [0.717, 1.165) is 0 Å². The van der Waals surface area contributed by atoms with Gasteiger partial charge in [0.05, 0.1) is 0 Å². The molecule has 0 saturated carbocycles. The molecule has 0 fully saturated rings. The molecule has 0 aromatic carbocycles. The van der Waals surface area contributed by atoms with Gasteiger partial charge in [0, 0.05) is 0 Å². The Kier molecular flexibility index (Phi) is 8900. The molecule has 0 amide bonds. The first-order valence-corrected chi connectivity index (χ1v) is 0.612. The second kappa shape index (κ2) is 341. The molecule has 15 heteroatoms. The maximum Gasteiger partial charge on any atom is 2.00 e. The van der Waals surface area contributed by atoms with Crippen molar-refractivity contribution < 1.29 is 60.1 Å². The molecule has 0 aliphatic carbocycles. The van der Waals surface area contributed by atoms with Gasteiger partial charge in [-0.25, -0.2) is 0 Å². The van der Waals surface area contributed by atoms with E-state index in [1.165, 1.54) is 0 Å². The summed E-state index contributed by atoms with van der Waals surface area (Å²) in [5.74, 6) is 0. The summed E-state index contributed by atoms with van der Waals surface area (Å²) in [5, 5.41) is 16.7. The Bertz CT molecular complexity index is 49.4. The van der Waals surface area contributed by atoms with E-state index in [2.05, 4.69) is 0 Å². The maximum atomic E-state index is 8.33. The quantitative estimate of drug-likeness (QED) is 0.228. The van der Waals surface area contributed by atoms with Gasteiger partial charge in [-0.3, -0.25) is 0 Å². The first-order valence-electron chi connectivity index (χ1n) is 0.612. The zero-order valence-electron chi connectivity index (χ0n) is 8.88. The van der Waals surface area contributed by atoms with Gasteiger partial charge in [0.25, 0.3) is 0 Å². The van der Waals surface area contributed by atoms with Crippen molar-refractivity contribution in [1.29, 1.82) is 0 Å². The molecule has 0 aliphatic heterocycles. The molecule has 0 aromatic rings. The van der Waals surface area contributed by atoms with Gasteiger partial charge in [-0.05, 0) is 6.16 Å². The van der Waals surface area contributed by atoms with Crippen molar-refractivity contribution in [1.82, 2.24) is 49.2 Å². The third kappa shape index (κ3) is 280000. The molecule has 16 heavy (non-hydrogen) atoms. The van der Waals surface area contributed by atoms with E-state index in [1.807, 2.05) is 0 Å². The topological polar surface area (TPSA) is 403 Å². The normalized spacial score (nSPS) is 1.50. The summed E-state index contributed by atoms with van der Waals surface area (Å²) in [7, 11) is 0. The van der Waals surface area contributed by atoms with E-state index >= 15 is 0 Å². The van der Waals surface area contributed by atoms with Gasteiger partial charge in [-0.1, -0.05) is 0 Å². The summed E-state index contributed by atoms with van der Waals surface area (Å²) < 4.78 is 0. The minimum atomic E-state index is -2.33. The van der Waals surface area contributed by atoms with Crippen molar-refractivity contribution in [2.75, 3.05) is 0 Å². The van der Waals surface area contributed by atoms with Crippen LogP contribution in [-0.2, 0) is 34.1 Å². The molecule has 0 aliphatic rings. The van der Waals surface area contributed by atoms with Crippen molar-refractivity contribution in [3.8, 4) is 0 Å². The van der Waals surface area contributed by atoms with Crippen molar-refractivity contribution in [2.45, 2.75) is 0 Å². The summed E-state index contributed by atoms with van der Waals surface area (Å²) >= 11 is 0. The zero-order chi connectivity index (χ0) is 3.58. The smallest absolute Gasteiger partial charge is 0.870 e. The molecule has 26 N–H and O–H groups in total. The van der Waals surface area contributed by atoms with E-state index in [9.17, 15) is 0 Å². The van der Waals surface area contributed by atoms with Crippen LogP contribution in [0.2, 0.25) is 0 Å². The Morgan fingerprint density at radius 1 is 0.562 bits per heavy atom. The van der Waals surface area contributed by atoms with Crippen LogP contribution in [0.3, 0.4) is 0 Å². The molecule has 0 heterocycles. The third-order valence-corrected chi connectivity index (χ3v) is 0. The van der Waals surface area contributed by atoms with Crippen LogP contribution in [0.25, 0.3) is 0 Å². The van der Waals surface area contributed by atoms with Crippen LogP contribution in [-0.4, -0.2) is 17.1 Å². The second-order valence-electron chi connectivity index (χ2n) is 0.250. The van der Waals surface area contributed by atoms with E-state index in [0.29, 0.717) is 0 Å². The standard InChI is InChI=1S/CH2O3.2Cu.8H3N.2H2O/c2-1(3)4;;;;;;;;;;;;/h(H2,2,3,4);;;8*1H3;2*1H2/q;2*+2;;;;;;;;;;/p-4. The Morgan fingerprint density at radius 3 is 0.562 bits per heavy atom. The summed E-state index contributed by atoms with van der Waals surface area (Å²) in [5.41, 5.74) is 0. The second-order valence-corrected chi connectivity index (χ2v) is 0.250. The van der Waals surface area contributed by atoms with Crippen molar-refractivity contribution in [3.63, 3.8) is 0 Å². The van der Waals surface area contributed by atoms with Gasteiger partial charge in [0.2, 0.25) is 0 Å². The number of rotatable bonds is 0. The number of carbonyl (C=O) groups excluding carboxylic acids is 1. The molecule has 0 bridgehead atoms. The van der Waals surface area contributed by atoms with Gasteiger partial charge in [0.15, 0.2) is 0 Å². The monoisotopic (exact) mass is 356 g/mol. The Labute approximate surface area is 116 Å². The summed E-state index contributed by atoms with van der Waals surface area (Å²) in [6, 6.07) is 0. The number of carbonyl (C=O) groups is 1. The van der Waals surface area contributed by atoms with Crippen LogP contribution in [0, 0.1) is 0 Å². The van der Waals surface area contributed by atoms with E-state index in [4.69, 9.17) is 15.0 Å². The fourth-order valence-electron chi connectivity index (χ4n) is 0. The average molecular weight is 357 g/mol.